The molecule has 7 heteroatoms. The van der Waals surface area contributed by atoms with Crippen LogP contribution in [0.25, 0.3) is 10.9 Å². The number of benzene rings is 1. The number of aryl methyl sites for hydroxylation is 2. The molecule has 3 rings (SSSR count). The minimum absolute atomic E-state index is 0.0763. The van der Waals surface area contributed by atoms with Gasteiger partial charge < -0.3 is 9.67 Å². The number of aromatic nitrogens is 3. The third kappa shape index (κ3) is 2.42. The van der Waals surface area contributed by atoms with Crippen LogP contribution in [-0.2, 0) is 19.2 Å². The molecule has 3 aromatic rings. The number of hydrogen-bond donors (Lipinski definition) is 1. The van der Waals surface area contributed by atoms with Crippen LogP contribution in [0, 0.1) is 5.82 Å². The van der Waals surface area contributed by atoms with Crippen LogP contribution in [0.5, 0.6) is 0 Å². The molecule has 0 bridgehead atoms. The Morgan fingerprint density at radius 1 is 1.38 bits per heavy atom. The minimum Gasteiger partial charge on any atom is -0.379 e. The van der Waals surface area contributed by atoms with Gasteiger partial charge in [0.2, 0.25) is 0 Å². The van der Waals surface area contributed by atoms with Crippen LogP contribution < -0.4 is 5.56 Å². The Morgan fingerprint density at radius 3 is 2.71 bits per heavy atom. The molecule has 0 fully saturated rings. The van der Waals surface area contributed by atoms with E-state index in [-0.39, 0.29) is 16.1 Å². The highest BCUT2D eigenvalue weighted by Gasteiger charge is 2.32. The second-order valence-corrected chi connectivity index (χ2v) is 6.25. The van der Waals surface area contributed by atoms with E-state index in [4.69, 9.17) is 11.6 Å². The SMILES string of the molecule is CCn1ccc2c(C(C)(O)c3ccc(F)c(Cl)c3)n(C)nc2c1=O. The Bertz CT molecular complexity index is 991. The van der Waals surface area contributed by atoms with Crippen LogP contribution in [0.3, 0.4) is 0 Å². The van der Waals surface area contributed by atoms with Crippen molar-refractivity contribution in [1.82, 2.24) is 14.3 Å². The van der Waals surface area contributed by atoms with Gasteiger partial charge in [-0.05, 0) is 37.6 Å². The summed E-state index contributed by atoms with van der Waals surface area (Å²) < 4.78 is 16.4. The molecule has 0 aliphatic rings. The van der Waals surface area contributed by atoms with E-state index in [1.807, 2.05) is 6.92 Å². The maximum Gasteiger partial charge on any atom is 0.278 e. The molecule has 24 heavy (non-hydrogen) atoms. The van der Waals surface area contributed by atoms with Crippen LogP contribution in [0.15, 0.2) is 35.3 Å². The van der Waals surface area contributed by atoms with Crippen molar-refractivity contribution in [2.45, 2.75) is 26.0 Å². The van der Waals surface area contributed by atoms with E-state index < -0.39 is 11.4 Å². The van der Waals surface area contributed by atoms with Crippen molar-refractivity contribution < 1.29 is 9.50 Å². The topological polar surface area (TPSA) is 60.1 Å². The van der Waals surface area contributed by atoms with Gasteiger partial charge in [0.15, 0.2) is 5.52 Å². The number of fused-ring (bicyclic) bond motifs is 1. The van der Waals surface area contributed by atoms with Gasteiger partial charge in [0, 0.05) is 25.2 Å². The zero-order valence-corrected chi connectivity index (χ0v) is 14.3. The third-order valence-corrected chi connectivity index (χ3v) is 4.54. The average molecular weight is 350 g/mol. The van der Waals surface area contributed by atoms with Gasteiger partial charge in [-0.3, -0.25) is 9.48 Å². The molecule has 2 aromatic heterocycles. The molecule has 1 N–H and O–H groups in total. The molecule has 126 valence electrons. The zero-order valence-electron chi connectivity index (χ0n) is 13.5. The molecule has 2 heterocycles. The summed E-state index contributed by atoms with van der Waals surface area (Å²) in [6, 6.07) is 5.80. The predicted octanol–water partition coefficient (Wildman–Crippen LogP) is 2.80. The first-order valence-corrected chi connectivity index (χ1v) is 7.89. The fraction of sp³-hybridized carbons (Fsp3) is 0.294. The summed E-state index contributed by atoms with van der Waals surface area (Å²) in [7, 11) is 1.66. The van der Waals surface area contributed by atoms with Crippen molar-refractivity contribution in [2.75, 3.05) is 0 Å². The highest BCUT2D eigenvalue weighted by molar-refractivity contribution is 6.30. The monoisotopic (exact) mass is 349 g/mol. The Balaban J connectivity index is 2.28. The predicted molar refractivity (Wildman–Crippen MR) is 90.7 cm³/mol. The summed E-state index contributed by atoms with van der Waals surface area (Å²) in [6.07, 6.45) is 1.67. The van der Waals surface area contributed by atoms with E-state index in [9.17, 15) is 14.3 Å². The first-order valence-electron chi connectivity index (χ1n) is 7.52. The lowest BCUT2D eigenvalue weighted by atomic mass is 9.90. The lowest BCUT2D eigenvalue weighted by molar-refractivity contribution is 0.0944. The lowest BCUT2D eigenvalue weighted by Crippen LogP contribution is -2.26. The molecule has 1 unspecified atom stereocenters. The smallest absolute Gasteiger partial charge is 0.278 e. The quantitative estimate of drug-likeness (QED) is 0.791. The van der Waals surface area contributed by atoms with Gasteiger partial charge in [0.25, 0.3) is 5.56 Å². The van der Waals surface area contributed by atoms with Crippen LogP contribution in [0.4, 0.5) is 4.39 Å². The van der Waals surface area contributed by atoms with Gasteiger partial charge >= 0.3 is 0 Å². The number of hydrogen-bond acceptors (Lipinski definition) is 3. The number of aliphatic hydroxyl groups is 1. The van der Waals surface area contributed by atoms with Gasteiger partial charge in [-0.2, -0.15) is 5.10 Å². The third-order valence-electron chi connectivity index (χ3n) is 4.25. The van der Waals surface area contributed by atoms with Gasteiger partial charge in [0.05, 0.1) is 10.7 Å². The van der Waals surface area contributed by atoms with Crippen LogP contribution in [0.2, 0.25) is 5.02 Å². The van der Waals surface area contributed by atoms with E-state index in [1.54, 1.807) is 30.8 Å². The van der Waals surface area contributed by atoms with Crippen molar-refractivity contribution in [2.24, 2.45) is 7.05 Å². The summed E-state index contributed by atoms with van der Waals surface area (Å²) in [5.74, 6) is -0.558. The van der Waals surface area contributed by atoms with Crippen LogP contribution in [0.1, 0.15) is 25.1 Å². The van der Waals surface area contributed by atoms with Crippen molar-refractivity contribution in [3.8, 4) is 0 Å². The standard InChI is InChI=1S/C17H17ClFN3O2/c1-4-22-8-7-11-14(16(22)23)20-21(3)15(11)17(2,24)10-5-6-13(19)12(18)9-10/h5-9,24H,4H2,1-3H3. The summed E-state index contributed by atoms with van der Waals surface area (Å²) in [5, 5.41) is 15.9. The van der Waals surface area contributed by atoms with Crippen molar-refractivity contribution in [3.63, 3.8) is 0 Å². The minimum atomic E-state index is -1.49. The lowest BCUT2D eigenvalue weighted by Gasteiger charge is -2.25. The van der Waals surface area contributed by atoms with Crippen molar-refractivity contribution in [1.29, 1.82) is 0 Å². The number of pyridine rings is 1. The number of nitrogens with zero attached hydrogens (tertiary/aromatic N) is 3. The second-order valence-electron chi connectivity index (χ2n) is 5.84. The molecule has 0 spiro atoms. The zero-order chi connectivity index (χ0) is 17.6. The molecule has 5 nitrogen and oxygen atoms in total. The summed E-state index contributed by atoms with van der Waals surface area (Å²) in [4.78, 5) is 12.4. The molecule has 0 saturated heterocycles. The highest BCUT2D eigenvalue weighted by Crippen LogP contribution is 2.34. The first kappa shape index (κ1) is 16.7. The summed E-state index contributed by atoms with van der Waals surface area (Å²) >= 11 is 5.84. The van der Waals surface area contributed by atoms with E-state index in [2.05, 4.69) is 5.10 Å². The van der Waals surface area contributed by atoms with E-state index >= 15 is 0 Å². The fourth-order valence-corrected chi connectivity index (χ4v) is 3.17. The maximum absolute atomic E-state index is 13.4. The van der Waals surface area contributed by atoms with Gasteiger partial charge in [-0.25, -0.2) is 4.39 Å². The van der Waals surface area contributed by atoms with Gasteiger partial charge in [-0.1, -0.05) is 17.7 Å². The normalized spacial score (nSPS) is 14.1. The molecule has 0 aliphatic carbocycles. The molecule has 0 aliphatic heterocycles. The maximum atomic E-state index is 13.4. The molecular weight excluding hydrogens is 333 g/mol. The molecule has 1 aromatic carbocycles. The molecular formula is C17H17ClFN3O2. The van der Waals surface area contributed by atoms with Gasteiger partial charge in [-0.15, -0.1) is 0 Å². The van der Waals surface area contributed by atoms with Crippen LogP contribution in [-0.4, -0.2) is 19.5 Å². The second kappa shape index (κ2) is 5.72. The van der Waals surface area contributed by atoms with E-state index in [0.717, 1.165) is 0 Å². The Labute approximate surface area is 142 Å². The van der Waals surface area contributed by atoms with Crippen molar-refractivity contribution in [3.05, 3.63) is 62.9 Å². The average Bonchev–Trinajstić information content (AvgIpc) is 2.88. The van der Waals surface area contributed by atoms with E-state index in [0.29, 0.717) is 23.2 Å². The van der Waals surface area contributed by atoms with Crippen LogP contribution >= 0.6 is 11.6 Å². The molecule has 0 amide bonds. The number of rotatable bonds is 3. The number of halogens is 2. The summed E-state index contributed by atoms with van der Waals surface area (Å²) in [6.45, 7) is 3.97. The first-order chi connectivity index (χ1) is 11.3. The Kier molecular flexibility index (Phi) is 3.97. The Hall–Kier alpha value is -2.18. The summed E-state index contributed by atoms with van der Waals surface area (Å²) in [5.41, 5.74) is -0.569. The molecule has 1 atom stereocenters. The Morgan fingerprint density at radius 2 is 2.08 bits per heavy atom. The molecule has 0 saturated carbocycles. The van der Waals surface area contributed by atoms with E-state index in [1.165, 1.54) is 22.9 Å². The van der Waals surface area contributed by atoms with Crippen molar-refractivity contribution >= 4 is 22.5 Å². The fourth-order valence-electron chi connectivity index (χ4n) is 2.99. The largest absolute Gasteiger partial charge is 0.379 e. The van der Waals surface area contributed by atoms with Gasteiger partial charge in [0.1, 0.15) is 11.4 Å². The highest BCUT2D eigenvalue weighted by atomic mass is 35.5. The molecule has 0 radical (unpaired) electrons.